The average Bonchev–Trinajstić information content (AvgIpc) is 3.30. The molecule has 0 aliphatic carbocycles. The predicted octanol–water partition coefficient (Wildman–Crippen LogP) is 3.31. The Hall–Kier alpha value is -4.06. The van der Waals surface area contributed by atoms with Crippen molar-refractivity contribution in [3.05, 3.63) is 77.9 Å². The number of sulfonamides is 1. The molecule has 11 heteroatoms. The molecule has 3 N–H and O–H groups in total. The number of benzene rings is 3. The van der Waals surface area contributed by atoms with Crippen molar-refractivity contribution in [1.82, 2.24) is 10.2 Å². The SMILES string of the molecule is COc1cc2c(cc1OC)C(=C(Nc1ccc(N(CCN3CCNCC3)S(C)(=O)=O)cc1)c1ccccc1)C(=O)N2. The van der Waals surface area contributed by atoms with Crippen molar-refractivity contribution < 1.29 is 22.7 Å². The molecular formula is C30H35N5O5S. The van der Waals surface area contributed by atoms with Gasteiger partial charge in [0.1, 0.15) is 0 Å². The van der Waals surface area contributed by atoms with Gasteiger partial charge in [0.15, 0.2) is 11.5 Å². The first-order valence-corrected chi connectivity index (χ1v) is 15.3. The van der Waals surface area contributed by atoms with Crippen molar-refractivity contribution >= 4 is 44.3 Å². The largest absolute Gasteiger partial charge is 0.493 e. The van der Waals surface area contributed by atoms with Crippen molar-refractivity contribution in [3.8, 4) is 11.5 Å². The van der Waals surface area contributed by atoms with Crippen LogP contribution in [0.5, 0.6) is 11.5 Å². The van der Waals surface area contributed by atoms with Crippen molar-refractivity contribution in [1.29, 1.82) is 0 Å². The highest BCUT2D eigenvalue weighted by Gasteiger charge is 2.30. The second-order valence-corrected chi connectivity index (χ2v) is 11.8. The summed E-state index contributed by atoms with van der Waals surface area (Å²) in [6.07, 6.45) is 1.23. The summed E-state index contributed by atoms with van der Waals surface area (Å²) >= 11 is 0. The zero-order valence-corrected chi connectivity index (χ0v) is 24.3. The number of rotatable bonds is 10. The summed E-state index contributed by atoms with van der Waals surface area (Å²) in [4.78, 5) is 15.6. The monoisotopic (exact) mass is 577 g/mol. The molecule has 0 unspecified atom stereocenters. The van der Waals surface area contributed by atoms with E-state index >= 15 is 0 Å². The summed E-state index contributed by atoms with van der Waals surface area (Å²) in [5.41, 5.74) is 4.50. The summed E-state index contributed by atoms with van der Waals surface area (Å²) in [5.74, 6) is 0.776. The highest BCUT2D eigenvalue weighted by Crippen LogP contribution is 2.43. The Kier molecular flexibility index (Phi) is 8.48. The van der Waals surface area contributed by atoms with Gasteiger partial charge in [-0.05, 0) is 35.9 Å². The summed E-state index contributed by atoms with van der Waals surface area (Å²) in [5, 5.41) is 9.68. The quantitative estimate of drug-likeness (QED) is 0.315. The molecule has 216 valence electrons. The Morgan fingerprint density at radius 2 is 1.63 bits per heavy atom. The van der Waals surface area contributed by atoms with Gasteiger partial charge < -0.3 is 25.4 Å². The third kappa shape index (κ3) is 6.32. The molecule has 2 aliphatic heterocycles. The fourth-order valence-electron chi connectivity index (χ4n) is 5.14. The minimum atomic E-state index is -3.48. The Balaban J connectivity index is 1.48. The molecule has 0 bridgehead atoms. The van der Waals surface area contributed by atoms with E-state index in [9.17, 15) is 13.2 Å². The van der Waals surface area contributed by atoms with Gasteiger partial charge in [0.25, 0.3) is 5.91 Å². The molecule has 0 aromatic heterocycles. The number of fused-ring (bicyclic) bond motifs is 1. The number of hydrogen-bond acceptors (Lipinski definition) is 8. The highest BCUT2D eigenvalue weighted by molar-refractivity contribution is 7.92. The summed E-state index contributed by atoms with van der Waals surface area (Å²) in [6, 6.07) is 20.3. The summed E-state index contributed by atoms with van der Waals surface area (Å²) in [6.45, 7) is 4.62. The van der Waals surface area contributed by atoms with Crippen LogP contribution in [0.25, 0.3) is 11.3 Å². The molecule has 1 saturated heterocycles. The lowest BCUT2D eigenvalue weighted by Crippen LogP contribution is -2.47. The topological polar surface area (TPSA) is 112 Å². The van der Waals surface area contributed by atoms with Gasteiger partial charge in [-0.1, -0.05) is 30.3 Å². The van der Waals surface area contributed by atoms with Gasteiger partial charge in [0, 0.05) is 56.6 Å². The normalized spacial score (nSPS) is 16.5. The number of anilines is 3. The number of nitrogens with zero attached hydrogens (tertiary/aromatic N) is 2. The summed E-state index contributed by atoms with van der Waals surface area (Å²) in [7, 11) is -0.373. The van der Waals surface area contributed by atoms with Crippen LogP contribution in [0.1, 0.15) is 11.1 Å². The van der Waals surface area contributed by atoms with Gasteiger partial charge in [0.05, 0.1) is 43.1 Å². The van der Waals surface area contributed by atoms with E-state index in [1.54, 1.807) is 38.5 Å². The van der Waals surface area contributed by atoms with Crippen LogP contribution in [0.15, 0.2) is 66.7 Å². The van der Waals surface area contributed by atoms with Crippen molar-refractivity contribution in [2.45, 2.75) is 0 Å². The Bertz CT molecular complexity index is 1540. The van der Waals surface area contributed by atoms with Crippen molar-refractivity contribution in [2.75, 3.05) is 74.7 Å². The van der Waals surface area contributed by atoms with Crippen LogP contribution in [-0.2, 0) is 14.8 Å². The molecule has 10 nitrogen and oxygen atoms in total. The van der Waals surface area contributed by atoms with Gasteiger partial charge in [-0.3, -0.25) is 14.0 Å². The van der Waals surface area contributed by atoms with Crippen LogP contribution in [0.3, 0.4) is 0 Å². The molecule has 3 aromatic carbocycles. The Morgan fingerprint density at radius 1 is 0.976 bits per heavy atom. The minimum absolute atomic E-state index is 0.255. The second-order valence-electron chi connectivity index (χ2n) is 9.92. The van der Waals surface area contributed by atoms with Gasteiger partial charge in [-0.15, -0.1) is 0 Å². The molecule has 2 aliphatic rings. The van der Waals surface area contributed by atoms with Crippen molar-refractivity contribution in [3.63, 3.8) is 0 Å². The third-order valence-corrected chi connectivity index (χ3v) is 8.43. The van der Waals surface area contributed by atoms with Crippen LogP contribution in [0, 0.1) is 0 Å². The molecular weight excluding hydrogens is 542 g/mol. The van der Waals surface area contributed by atoms with E-state index in [2.05, 4.69) is 20.9 Å². The maximum absolute atomic E-state index is 13.3. The average molecular weight is 578 g/mol. The first-order valence-electron chi connectivity index (χ1n) is 13.4. The number of carbonyl (C=O) groups excluding carboxylic acids is 1. The third-order valence-electron chi connectivity index (χ3n) is 7.23. The maximum Gasteiger partial charge on any atom is 0.258 e. The zero-order chi connectivity index (χ0) is 29.0. The number of ether oxygens (including phenoxy) is 2. The van der Waals surface area contributed by atoms with Crippen LogP contribution < -0.4 is 29.7 Å². The molecule has 5 rings (SSSR count). The number of piperazine rings is 1. The molecule has 2 heterocycles. The lowest BCUT2D eigenvalue weighted by atomic mass is 9.99. The van der Waals surface area contributed by atoms with Crippen molar-refractivity contribution in [2.24, 2.45) is 0 Å². The van der Waals surface area contributed by atoms with Crippen LogP contribution >= 0.6 is 0 Å². The van der Waals surface area contributed by atoms with E-state index in [4.69, 9.17) is 9.47 Å². The lowest BCUT2D eigenvalue weighted by molar-refractivity contribution is -0.110. The van der Waals surface area contributed by atoms with E-state index in [1.807, 2.05) is 42.5 Å². The highest BCUT2D eigenvalue weighted by atomic mass is 32.2. The van der Waals surface area contributed by atoms with E-state index in [0.717, 1.165) is 31.7 Å². The fourth-order valence-corrected chi connectivity index (χ4v) is 6.06. The first kappa shape index (κ1) is 28.5. The Labute approximate surface area is 241 Å². The number of hydrogen-bond donors (Lipinski definition) is 3. The molecule has 1 amide bonds. The second kappa shape index (κ2) is 12.2. The van der Waals surface area contributed by atoms with Crippen LogP contribution in [-0.4, -0.2) is 79.0 Å². The van der Waals surface area contributed by atoms with E-state index < -0.39 is 10.0 Å². The van der Waals surface area contributed by atoms with Gasteiger partial charge in [-0.2, -0.15) is 0 Å². The van der Waals surface area contributed by atoms with Gasteiger partial charge in [-0.25, -0.2) is 8.42 Å². The molecule has 1 fully saturated rings. The van der Waals surface area contributed by atoms with Crippen LogP contribution in [0.4, 0.5) is 17.1 Å². The number of methoxy groups -OCH3 is 2. The molecule has 0 radical (unpaired) electrons. The molecule has 3 aromatic rings. The maximum atomic E-state index is 13.3. The standard InChI is InChI=1S/C30H35N5O5S/c1-39-26-19-24-25(20-27(26)40-2)33-30(36)28(24)29(21-7-5-4-6-8-21)32-22-9-11-23(12-10-22)35(41(3,37)38)18-17-34-15-13-31-14-16-34/h4-12,19-20,31-32H,13-18H2,1-3H3,(H,33,36). The lowest BCUT2D eigenvalue weighted by Gasteiger charge is -2.30. The zero-order valence-electron chi connectivity index (χ0n) is 23.4. The Morgan fingerprint density at radius 3 is 2.27 bits per heavy atom. The molecule has 0 spiro atoms. The minimum Gasteiger partial charge on any atom is -0.493 e. The molecule has 41 heavy (non-hydrogen) atoms. The number of nitrogens with one attached hydrogen (secondary N) is 3. The summed E-state index contributed by atoms with van der Waals surface area (Å²) < 4.78 is 37.7. The van der Waals surface area contributed by atoms with E-state index in [0.29, 0.717) is 58.5 Å². The molecule has 0 saturated carbocycles. The van der Waals surface area contributed by atoms with Gasteiger partial charge in [0.2, 0.25) is 10.0 Å². The fraction of sp³-hybridized carbons (Fsp3) is 0.300. The first-order chi connectivity index (χ1) is 19.8. The number of amides is 1. The number of carbonyl (C=O) groups is 1. The van der Waals surface area contributed by atoms with Crippen LogP contribution in [0.2, 0.25) is 0 Å². The smallest absolute Gasteiger partial charge is 0.258 e. The predicted molar refractivity (Wildman–Crippen MR) is 163 cm³/mol. The van der Waals surface area contributed by atoms with E-state index in [-0.39, 0.29) is 5.91 Å². The van der Waals surface area contributed by atoms with E-state index in [1.165, 1.54) is 10.6 Å². The molecule has 0 atom stereocenters. The van der Waals surface area contributed by atoms with Gasteiger partial charge >= 0.3 is 0 Å².